The lowest BCUT2D eigenvalue weighted by atomic mass is 9.55. The van der Waals surface area contributed by atoms with E-state index in [1.165, 1.54) is 6.07 Å². The number of para-hydroxylation sites is 2. The SMILES string of the molecule is O=C(COC(=O)c1ccccc1N1C(=O)[C@@H]2C3c4ccccc4C(c4ccccc43)[C@H]2C1=O)Nc1ccccc1. The minimum atomic E-state index is -0.788. The van der Waals surface area contributed by atoms with Gasteiger partial charge in [-0.3, -0.25) is 14.4 Å². The number of esters is 1. The fraction of sp³-hybridized carbons (Fsp3) is 0.152. The van der Waals surface area contributed by atoms with Crippen LogP contribution >= 0.6 is 0 Å². The molecule has 0 unspecified atom stereocenters. The highest BCUT2D eigenvalue weighted by molar-refractivity contribution is 6.25. The summed E-state index contributed by atoms with van der Waals surface area (Å²) < 4.78 is 5.31. The van der Waals surface area contributed by atoms with Crippen molar-refractivity contribution >= 4 is 35.1 Å². The predicted octanol–water partition coefficient (Wildman–Crippen LogP) is 4.88. The van der Waals surface area contributed by atoms with E-state index in [-0.39, 0.29) is 34.9 Å². The van der Waals surface area contributed by atoms with E-state index in [1.54, 1.807) is 42.5 Å². The maximum absolute atomic E-state index is 14.1. The van der Waals surface area contributed by atoms with Crippen LogP contribution in [0.3, 0.4) is 0 Å². The van der Waals surface area contributed by atoms with Crippen molar-refractivity contribution in [3.63, 3.8) is 0 Å². The molecule has 8 rings (SSSR count). The van der Waals surface area contributed by atoms with Gasteiger partial charge < -0.3 is 10.1 Å². The molecule has 4 aromatic carbocycles. The van der Waals surface area contributed by atoms with Crippen molar-refractivity contribution in [1.82, 2.24) is 0 Å². The molecule has 196 valence electrons. The predicted molar refractivity (Wildman–Crippen MR) is 148 cm³/mol. The molecule has 1 aliphatic heterocycles. The van der Waals surface area contributed by atoms with Crippen molar-refractivity contribution in [3.05, 3.63) is 131 Å². The van der Waals surface area contributed by atoms with Crippen LogP contribution in [0.15, 0.2) is 103 Å². The third-order valence-corrected chi connectivity index (χ3v) is 8.21. The zero-order valence-corrected chi connectivity index (χ0v) is 21.3. The molecule has 0 aromatic heterocycles. The zero-order valence-electron chi connectivity index (χ0n) is 21.3. The Kier molecular flexibility index (Phi) is 5.59. The van der Waals surface area contributed by atoms with E-state index in [0.29, 0.717) is 5.69 Å². The number of rotatable bonds is 5. The first-order valence-electron chi connectivity index (χ1n) is 13.2. The van der Waals surface area contributed by atoms with Gasteiger partial charge in [0.25, 0.3) is 5.91 Å². The standard InChI is InChI=1S/C33H24N2O5/c36-26(34-19-10-2-1-3-11-19)18-40-33(39)24-16-8-9-17-25(24)35-31(37)29-27-20-12-4-5-13-21(20)28(30(29)32(35)38)23-15-7-6-14-22(23)27/h1-17,27-30H,18H2,(H,34,36)/t27?,28?,29-,30-/m1/s1. The van der Waals surface area contributed by atoms with Crippen molar-refractivity contribution in [2.75, 3.05) is 16.8 Å². The Morgan fingerprint density at radius 2 is 1.12 bits per heavy atom. The second kappa shape index (κ2) is 9.31. The molecule has 2 atom stereocenters. The van der Waals surface area contributed by atoms with Gasteiger partial charge in [-0.2, -0.15) is 0 Å². The van der Waals surface area contributed by atoms with Crippen molar-refractivity contribution in [3.8, 4) is 0 Å². The van der Waals surface area contributed by atoms with Crippen molar-refractivity contribution in [2.45, 2.75) is 11.8 Å². The van der Waals surface area contributed by atoms with E-state index in [9.17, 15) is 19.2 Å². The number of nitrogens with zero attached hydrogens (tertiary/aromatic N) is 1. The first-order valence-corrected chi connectivity index (χ1v) is 13.2. The number of anilines is 2. The van der Waals surface area contributed by atoms with Crippen molar-refractivity contribution in [2.24, 2.45) is 11.8 Å². The first kappa shape index (κ1) is 24.0. The van der Waals surface area contributed by atoms with Crippen LogP contribution in [0.4, 0.5) is 11.4 Å². The summed E-state index contributed by atoms with van der Waals surface area (Å²) in [5.41, 5.74) is 5.11. The highest BCUT2D eigenvalue weighted by Gasteiger charge is 2.62. The Bertz CT molecular complexity index is 1580. The summed E-state index contributed by atoms with van der Waals surface area (Å²) in [6.45, 7) is -0.510. The third kappa shape index (κ3) is 3.58. The summed E-state index contributed by atoms with van der Waals surface area (Å²) in [4.78, 5) is 54.9. The van der Waals surface area contributed by atoms with Crippen LogP contribution in [0.25, 0.3) is 0 Å². The van der Waals surface area contributed by atoms with Crippen LogP contribution in [-0.2, 0) is 19.1 Å². The lowest BCUT2D eigenvalue weighted by molar-refractivity contribution is -0.122. The van der Waals surface area contributed by atoms with Crippen LogP contribution in [-0.4, -0.2) is 30.3 Å². The Balaban J connectivity index is 1.20. The number of benzene rings is 4. The molecule has 1 fully saturated rings. The van der Waals surface area contributed by atoms with E-state index in [2.05, 4.69) is 5.32 Å². The molecule has 1 heterocycles. The quantitative estimate of drug-likeness (QED) is 0.295. The lowest BCUT2D eigenvalue weighted by Crippen LogP contribution is -2.41. The van der Waals surface area contributed by atoms with E-state index in [0.717, 1.165) is 27.2 Å². The Morgan fingerprint density at radius 1 is 0.650 bits per heavy atom. The fourth-order valence-electron chi connectivity index (χ4n) is 6.68. The molecule has 4 aromatic rings. The van der Waals surface area contributed by atoms with Gasteiger partial charge in [0.1, 0.15) is 0 Å². The number of carbonyl (C=O) groups excluding carboxylic acids is 4. The van der Waals surface area contributed by atoms with Crippen molar-refractivity contribution in [1.29, 1.82) is 0 Å². The number of amides is 3. The molecule has 0 radical (unpaired) electrons. The van der Waals surface area contributed by atoms with Crippen molar-refractivity contribution < 1.29 is 23.9 Å². The summed E-state index contributed by atoms with van der Waals surface area (Å²) in [7, 11) is 0. The molecule has 2 bridgehead atoms. The summed E-state index contributed by atoms with van der Waals surface area (Å²) in [5.74, 6) is -3.56. The third-order valence-electron chi connectivity index (χ3n) is 8.21. The van der Waals surface area contributed by atoms with E-state index in [4.69, 9.17) is 4.74 Å². The molecule has 3 aliphatic carbocycles. The number of carbonyl (C=O) groups is 4. The van der Waals surface area contributed by atoms with Gasteiger partial charge in [0, 0.05) is 17.5 Å². The summed E-state index contributed by atoms with van der Waals surface area (Å²) in [6, 6.07) is 31.3. The molecular formula is C33H24N2O5. The molecule has 7 nitrogen and oxygen atoms in total. The van der Waals surface area contributed by atoms with Gasteiger partial charge in [0.15, 0.2) is 6.61 Å². The molecule has 1 N–H and O–H groups in total. The van der Waals surface area contributed by atoms with Crippen LogP contribution in [0.1, 0.15) is 44.4 Å². The second-order valence-electron chi connectivity index (χ2n) is 10.3. The summed E-state index contributed by atoms with van der Waals surface area (Å²) in [6.07, 6.45) is 0. The smallest absolute Gasteiger partial charge is 0.340 e. The van der Waals surface area contributed by atoms with Crippen LogP contribution in [0.2, 0.25) is 0 Å². The van der Waals surface area contributed by atoms with Gasteiger partial charge in [-0.25, -0.2) is 9.69 Å². The molecule has 0 spiro atoms. The van der Waals surface area contributed by atoms with Gasteiger partial charge in [0.2, 0.25) is 11.8 Å². The number of hydrogen-bond acceptors (Lipinski definition) is 5. The molecule has 0 saturated carbocycles. The van der Waals surface area contributed by atoms with Crippen LogP contribution in [0.5, 0.6) is 0 Å². The lowest BCUT2D eigenvalue weighted by Gasteiger charge is -2.45. The highest BCUT2D eigenvalue weighted by Crippen LogP contribution is 2.61. The molecular weight excluding hydrogens is 504 g/mol. The second-order valence-corrected chi connectivity index (χ2v) is 10.3. The minimum absolute atomic E-state index is 0.0535. The van der Waals surface area contributed by atoms with Gasteiger partial charge in [0.05, 0.1) is 23.1 Å². The topological polar surface area (TPSA) is 92.8 Å². The maximum Gasteiger partial charge on any atom is 0.340 e. The minimum Gasteiger partial charge on any atom is -0.452 e. The molecule has 4 aliphatic rings. The maximum atomic E-state index is 14.1. The monoisotopic (exact) mass is 528 g/mol. The van der Waals surface area contributed by atoms with Gasteiger partial charge in [-0.05, 0) is 46.5 Å². The molecule has 3 amide bonds. The average Bonchev–Trinajstić information content (AvgIpc) is 3.26. The molecule has 1 saturated heterocycles. The highest BCUT2D eigenvalue weighted by atomic mass is 16.5. The summed E-state index contributed by atoms with van der Waals surface area (Å²) in [5, 5.41) is 2.67. The Labute approximate surface area is 230 Å². The first-order chi connectivity index (χ1) is 19.5. The zero-order chi connectivity index (χ0) is 27.4. The van der Waals surface area contributed by atoms with Crippen LogP contribution < -0.4 is 10.2 Å². The van der Waals surface area contributed by atoms with Crippen LogP contribution in [0, 0.1) is 11.8 Å². The van der Waals surface area contributed by atoms with E-state index in [1.807, 2.05) is 54.6 Å². The Morgan fingerprint density at radius 3 is 1.68 bits per heavy atom. The normalized spacial score (nSPS) is 21.9. The van der Waals surface area contributed by atoms with Gasteiger partial charge in [-0.15, -0.1) is 0 Å². The molecule has 7 heteroatoms. The molecule has 40 heavy (non-hydrogen) atoms. The van der Waals surface area contributed by atoms with E-state index < -0.39 is 30.3 Å². The van der Waals surface area contributed by atoms with Gasteiger partial charge in [-0.1, -0.05) is 78.9 Å². The number of imide groups is 1. The largest absolute Gasteiger partial charge is 0.452 e. The fourth-order valence-corrected chi connectivity index (χ4v) is 6.68. The number of hydrogen-bond donors (Lipinski definition) is 1. The Hall–Kier alpha value is -5.04. The van der Waals surface area contributed by atoms with Gasteiger partial charge >= 0.3 is 5.97 Å². The number of ether oxygens (including phenoxy) is 1. The number of nitrogens with one attached hydrogen (secondary N) is 1. The van der Waals surface area contributed by atoms with E-state index >= 15 is 0 Å². The summed E-state index contributed by atoms with van der Waals surface area (Å²) >= 11 is 0. The average molecular weight is 529 g/mol.